The summed E-state index contributed by atoms with van der Waals surface area (Å²) in [6, 6.07) is 9.01. The van der Waals surface area contributed by atoms with Crippen molar-refractivity contribution < 1.29 is 27.8 Å². The second kappa shape index (κ2) is 10.7. The number of ether oxygens (including phenoxy) is 1. The van der Waals surface area contributed by atoms with Crippen molar-refractivity contribution in [1.29, 1.82) is 0 Å². The second-order valence-corrected chi connectivity index (χ2v) is 8.83. The lowest BCUT2D eigenvalue weighted by Crippen LogP contribution is -2.34. The van der Waals surface area contributed by atoms with Gasteiger partial charge >= 0.3 is 0 Å². The van der Waals surface area contributed by atoms with E-state index in [1.165, 1.54) is 37.4 Å². The predicted octanol–water partition coefficient (Wildman–Crippen LogP) is 2.23. The highest BCUT2D eigenvalue weighted by Gasteiger charge is 2.21. The van der Waals surface area contributed by atoms with Gasteiger partial charge in [-0.05, 0) is 36.5 Å². The summed E-state index contributed by atoms with van der Waals surface area (Å²) in [5, 5.41) is 26.6. The molecule has 0 aliphatic rings. The quantitative estimate of drug-likeness (QED) is 0.216. The molecule has 3 rings (SSSR count). The van der Waals surface area contributed by atoms with Crippen LogP contribution in [0, 0.1) is 20.2 Å². The third-order valence-corrected chi connectivity index (χ3v) is 5.90. The van der Waals surface area contributed by atoms with E-state index >= 15 is 0 Å². The number of amides is 1. The molecule has 0 unspecified atom stereocenters. The van der Waals surface area contributed by atoms with Crippen molar-refractivity contribution >= 4 is 56.1 Å². The minimum absolute atomic E-state index is 0.00525. The summed E-state index contributed by atoms with van der Waals surface area (Å²) in [5.41, 5.74) is -1.33. The normalized spacial score (nSPS) is 10.7. The van der Waals surface area contributed by atoms with Crippen LogP contribution in [-0.4, -0.2) is 46.4 Å². The van der Waals surface area contributed by atoms with Crippen LogP contribution in [0.2, 0.25) is 0 Å². The van der Waals surface area contributed by atoms with Crippen molar-refractivity contribution in [3.8, 4) is 5.88 Å². The zero-order chi connectivity index (χ0) is 26.5. The number of carbonyl (C=O) groups excluding carboxylic acids is 1. The van der Waals surface area contributed by atoms with Crippen molar-refractivity contribution in [2.24, 2.45) is 0 Å². The third kappa shape index (κ3) is 6.42. The van der Waals surface area contributed by atoms with Crippen LogP contribution in [0.1, 0.15) is 10.4 Å². The lowest BCUT2D eigenvalue weighted by atomic mass is 10.1. The van der Waals surface area contributed by atoms with Crippen molar-refractivity contribution in [3.05, 3.63) is 80.7 Å². The molecule has 0 aliphatic heterocycles. The van der Waals surface area contributed by atoms with Crippen molar-refractivity contribution in [1.82, 2.24) is 15.3 Å². The van der Waals surface area contributed by atoms with Gasteiger partial charge < -0.3 is 10.1 Å². The Kier molecular flexibility index (Phi) is 7.65. The van der Waals surface area contributed by atoms with Crippen molar-refractivity contribution in [2.75, 3.05) is 17.1 Å². The number of anilines is 2. The topological polar surface area (TPSA) is 209 Å². The Labute approximate surface area is 207 Å². The van der Waals surface area contributed by atoms with Crippen molar-refractivity contribution in [2.45, 2.75) is 4.90 Å². The molecule has 0 bridgehead atoms. The summed E-state index contributed by atoms with van der Waals surface area (Å²) in [4.78, 5) is 40.2. The number of nitrogens with one attached hydrogen (secondary N) is 3. The number of hydrogen-bond acceptors (Lipinski definition) is 11. The van der Waals surface area contributed by atoms with Crippen LogP contribution in [0.4, 0.5) is 22.9 Å². The summed E-state index contributed by atoms with van der Waals surface area (Å²) in [7, 11) is -2.63. The molecule has 15 nitrogen and oxygen atoms in total. The molecule has 0 saturated heterocycles. The van der Waals surface area contributed by atoms with Gasteiger partial charge in [0.25, 0.3) is 27.3 Å². The predicted molar refractivity (Wildman–Crippen MR) is 129 cm³/mol. The molecule has 2 aromatic carbocycles. The van der Waals surface area contributed by atoms with E-state index in [0.29, 0.717) is 5.69 Å². The maximum atomic E-state index is 12.6. The molecule has 17 heteroatoms. The number of hydrogen-bond donors (Lipinski definition) is 3. The standard InChI is InChI=1S/C19H15N7O8S2/c1-34-17-9-16(20-10-21-17)24-36(32,33)15-4-2-12(3-5-15)22-19(35)23-18(27)11-6-13(25(28)29)8-14(7-11)26(30)31/h2-10H,1H3,(H,20,21,24)(H2,22,23,27,35). The first-order valence-electron chi connectivity index (χ1n) is 9.53. The fraction of sp³-hybridized carbons (Fsp3) is 0.0526. The molecule has 0 radical (unpaired) electrons. The van der Waals surface area contributed by atoms with E-state index in [9.17, 15) is 33.4 Å². The molecule has 3 aromatic rings. The summed E-state index contributed by atoms with van der Waals surface area (Å²) in [6.07, 6.45) is 1.13. The van der Waals surface area contributed by atoms with Gasteiger partial charge in [0, 0.05) is 23.9 Å². The summed E-state index contributed by atoms with van der Waals surface area (Å²) in [6.45, 7) is 0. The number of nitrogens with zero attached hydrogens (tertiary/aromatic N) is 4. The molecule has 0 atom stereocenters. The van der Waals surface area contributed by atoms with Gasteiger partial charge in [-0.25, -0.2) is 18.4 Å². The number of nitro groups is 2. The molecule has 1 amide bonds. The van der Waals surface area contributed by atoms with Gasteiger partial charge in [0.15, 0.2) is 5.11 Å². The number of nitro benzene ring substituents is 2. The van der Waals surface area contributed by atoms with Crippen LogP contribution in [-0.2, 0) is 10.0 Å². The minimum atomic E-state index is -4.00. The van der Waals surface area contributed by atoms with E-state index in [2.05, 4.69) is 25.3 Å². The number of thiocarbonyl (C=S) groups is 1. The van der Waals surface area contributed by atoms with E-state index in [0.717, 1.165) is 24.5 Å². The summed E-state index contributed by atoms with van der Waals surface area (Å²) < 4.78 is 32.4. The second-order valence-electron chi connectivity index (χ2n) is 6.74. The molecule has 186 valence electrons. The smallest absolute Gasteiger partial charge is 0.277 e. The van der Waals surface area contributed by atoms with Gasteiger partial charge in [0.05, 0.1) is 33.5 Å². The Bertz CT molecular complexity index is 1430. The fourth-order valence-electron chi connectivity index (χ4n) is 2.70. The van der Waals surface area contributed by atoms with Crippen LogP contribution in [0.3, 0.4) is 0 Å². The van der Waals surface area contributed by atoms with Gasteiger partial charge in [-0.1, -0.05) is 0 Å². The highest BCUT2D eigenvalue weighted by Crippen LogP contribution is 2.23. The van der Waals surface area contributed by atoms with Gasteiger partial charge in [-0.15, -0.1) is 0 Å². The van der Waals surface area contributed by atoms with Gasteiger partial charge in [-0.2, -0.15) is 0 Å². The van der Waals surface area contributed by atoms with E-state index in [1.807, 2.05) is 0 Å². The average molecular weight is 534 g/mol. The van der Waals surface area contributed by atoms with E-state index in [-0.39, 0.29) is 27.3 Å². The molecule has 0 spiro atoms. The Balaban J connectivity index is 1.68. The van der Waals surface area contributed by atoms with E-state index in [4.69, 9.17) is 17.0 Å². The Morgan fingerprint density at radius 2 is 1.61 bits per heavy atom. The molecule has 0 fully saturated rings. The maximum absolute atomic E-state index is 12.6. The van der Waals surface area contributed by atoms with Crippen molar-refractivity contribution in [3.63, 3.8) is 0 Å². The molecule has 1 heterocycles. The lowest BCUT2D eigenvalue weighted by molar-refractivity contribution is -0.394. The van der Waals surface area contributed by atoms with E-state index < -0.39 is 37.2 Å². The average Bonchev–Trinajstić information content (AvgIpc) is 2.83. The molecule has 0 aliphatic carbocycles. The van der Waals surface area contributed by atoms with Crippen LogP contribution in [0.5, 0.6) is 5.88 Å². The first kappa shape index (κ1) is 25.8. The molecule has 36 heavy (non-hydrogen) atoms. The highest BCUT2D eigenvalue weighted by molar-refractivity contribution is 7.92. The summed E-state index contributed by atoms with van der Waals surface area (Å²) in [5.74, 6) is -0.769. The van der Waals surface area contributed by atoms with Crippen LogP contribution in [0.15, 0.2) is 59.8 Å². The number of non-ortho nitro benzene ring substituents is 2. The number of carbonyl (C=O) groups is 1. The SMILES string of the molecule is COc1cc(NS(=O)(=O)c2ccc(NC(=S)NC(=O)c3cc([N+](=O)[O-])cc([N+](=O)[O-])c3)cc2)ncn1. The number of benzene rings is 2. The number of methoxy groups -OCH3 is 1. The summed E-state index contributed by atoms with van der Waals surface area (Å²) >= 11 is 5.03. The Morgan fingerprint density at radius 1 is 1.00 bits per heavy atom. The largest absolute Gasteiger partial charge is 0.481 e. The van der Waals surface area contributed by atoms with Gasteiger partial charge in [-0.3, -0.25) is 35.1 Å². The molecular weight excluding hydrogens is 518 g/mol. The van der Waals surface area contributed by atoms with Crippen LogP contribution in [0.25, 0.3) is 0 Å². The van der Waals surface area contributed by atoms with Gasteiger partial charge in [0.1, 0.15) is 12.1 Å². The van der Waals surface area contributed by atoms with E-state index in [1.54, 1.807) is 0 Å². The Morgan fingerprint density at radius 3 is 2.17 bits per heavy atom. The molecular formula is C19H15N7O8S2. The lowest BCUT2D eigenvalue weighted by Gasteiger charge is -2.11. The highest BCUT2D eigenvalue weighted by atomic mass is 32.2. The zero-order valence-electron chi connectivity index (χ0n) is 18.1. The third-order valence-electron chi connectivity index (χ3n) is 4.33. The zero-order valence-corrected chi connectivity index (χ0v) is 19.7. The van der Waals surface area contributed by atoms with Gasteiger partial charge in [0.2, 0.25) is 5.88 Å². The van der Waals surface area contributed by atoms with Crippen LogP contribution >= 0.6 is 12.2 Å². The molecule has 1 aromatic heterocycles. The van der Waals surface area contributed by atoms with Crippen LogP contribution < -0.4 is 20.1 Å². The number of sulfonamides is 1. The fourth-order valence-corrected chi connectivity index (χ4v) is 3.91. The maximum Gasteiger partial charge on any atom is 0.277 e. The molecule has 0 saturated carbocycles. The first-order valence-corrected chi connectivity index (χ1v) is 11.4. The minimum Gasteiger partial charge on any atom is -0.481 e. The first-order chi connectivity index (χ1) is 17.0. The Hall–Kier alpha value is -4.77. The number of rotatable bonds is 8. The molecule has 3 N–H and O–H groups in total. The monoisotopic (exact) mass is 533 g/mol. The number of aromatic nitrogens is 2.